The van der Waals surface area contributed by atoms with Crippen LogP contribution in [0.1, 0.15) is 21.5 Å². The van der Waals surface area contributed by atoms with Gasteiger partial charge in [-0.15, -0.1) is 0 Å². The summed E-state index contributed by atoms with van der Waals surface area (Å²) in [6.07, 6.45) is 3.14. The molecule has 6 heteroatoms. The lowest BCUT2D eigenvalue weighted by molar-refractivity contribution is 0.0470. The predicted octanol–water partition coefficient (Wildman–Crippen LogP) is 2.69. The average molecular weight is 323 g/mol. The van der Waals surface area contributed by atoms with Crippen LogP contribution in [0, 0.1) is 0 Å². The summed E-state index contributed by atoms with van der Waals surface area (Å²) in [6, 6.07) is 14.7. The van der Waals surface area contributed by atoms with Gasteiger partial charge < -0.3 is 9.47 Å². The zero-order valence-electron chi connectivity index (χ0n) is 13.3. The average Bonchev–Trinajstić information content (AvgIpc) is 3.13. The van der Waals surface area contributed by atoms with Gasteiger partial charge >= 0.3 is 5.97 Å². The Morgan fingerprint density at radius 3 is 2.62 bits per heavy atom. The van der Waals surface area contributed by atoms with Gasteiger partial charge in [0.25, 0.3) is 0 Å². The number of benzene rings is 2. The number of ether oxygens (including phenoxy) is 2. The normalized spacial score (nSPS) is 10.4. The number of hydrogen-bond acceptors (Lipinski definition) is 5. The van der Waals surface area contributed by atoms with Crippen LogP contribution in [0.15, 0.2) is 61.2 Å². The third-order valence-corrected chi connectivity index (χ3v) is 3.55. The van der Waals surface area contributed by atoms with Crippen LogP contribution in [0.5, 0.6) is 5.75 Å². The van der Waals surface area contributed by atoms with E-state index in [4.69, 9.17) is 9.47 Å². The molecule has 0 fully saturated rings. The lowest BCUT2D eigenvalue weighted by Crippen LogP contribution is -2.06. The standard InChI is InChI=1S/C18H17N3O3/c1-23-17-5-3-2-4-16(17)11-24-18(22)15-8-6-14(7-9-15)10-21-13-19-12-20-21/h2-9,12-13H,10-11H2,1H3. The third kappa shape index (κ3) is 3.78. The maximum absolute atomic E-state index is 12.2. The highest BCUT2D eigenvalue weighted by Crippen LogP contribution is 2.18. The highest BCUT2D eigenvalue weighted by molar-refractivity contribution is 5.89. The topological polar surface area (TPSA) is 66.2 Å². The van der Waals surface area contributed by atoms with Gasteiger partial charge in [0, 0.05) is 5.56 Å². The largest absolute Gasteiger partial charge is 0.496 e. The molecule has 2 aromatic carbocycles. The summed E-state index contributed by atoms with van der Waals surface area (Å²) in [6.45, 7) is 0.778. The van der Waals surface area contributed by atoms with E-state index < -0.39 is 0 Å². The number of carbonyl (C=O) groups excluding carboxylic acids is 1. The van der Waals surface area contributed by atoms with E-state index in [0.29, 0.717) is 17.9 Å². The van der Waals surface area contributed by atoms with Gasteiger partial charge in [-0.1, -0.05) is 30.3 Å². The molecule has 0 N–H and O–H groups in total. The van der Waals surface area contributed by atoms with Crippen LogP contribution in [0.4, 0.5) is 0 Å². The fraction of sp³-hybridized carbons (Fsp3) is 0.167. The Kier molecular flexibility index (Phi) is 4.86. The van der Waals surface area contributed by atoms with Gasteiger partial charge in [-0.3, -0.25) is 0 Å². The minimum atomic E-state index is -0.367. The molecule has 0 bridgehead atoms. The van der Waals surface area contributed by atoms with Crippen molar-refractivity contribution >= 4 is 5.97 Å². The number of rotatable bonds is 6. The molecule has 6 nitrogen and oxygen atoms in total. The van der Waals surface area contributed by atoms with Crippen LogP contribution in [0.25, 0.3) is 0 Å². The van der Waals surface area contributed by atoms with Crippen molar-refractivity contribution in [3.05, 3.63) is 77.9 Å². The van der Waals surface area contributed by atoms with Gasteiger partial charge in [-0.05, 0) is 23.8 Å². The third-order valence-electron chi connectivity index (χ3n) is 3.55. The Hall–Kier alpha value is -3.15. The van der Waals surface area contributed by atoms with Crippen molar-refractivity contribution in [1.29, 1.82) is 0 Å². The molecular weight excluding hydrogens is 306 g/mol. The molecule has 0 spiro atoms. The minimum absolute atomic E-state index is 0.170. The lowest BCUT2D eigenvalue weighted by atomic mass is 10.1. The summed E-state index contributed by atoms with van der Waals surface area (Å²) < 4.78 is 12.3. The number of hydrogen-bond donors (Lipinski definition) is 0. The molecule has 0 atom stereocenters. The maximum atomic E-state index is 12.2. The van der Waals surface area contributed by atoms with Gasteiger partial charge in [0.05, 0.1) is 19.2 Å². The highest BCUT2D eigenvalue weighted by Gasteiger charge is 2.09. The quantitative estimate of drug-likeness (QED) is 0.653. The molecule has 0 saturated carbocycles. The fourth-order valence-electron chi connectivity index (χ4n) is 2.30. The molecular formula is C18H17N3O3. The molecule has 0 aliphatic heterocycles. The number of para-hydroxylation sites is 1. The summed E-state index contributed by atoms with van der Waals surface area (Å²) in [4.78, 5) is 16.1. The van der Waals surface area contributed by atoms with E-state index >= 15 is 0 Å². The van der Waals surface area contributed by atoms with Crippen molar-refractivity contribution < 1.29 is 14.3 Å². The predicted molar refractivity (Wildman–Crippen MR) is 87.7 cm³/mol. The van der Waals surface area contributed by atoms with Crippen LogP contribution in [0.3, 0.4) is 0 Å². The molecule has 1 aromatic heterocycles. The number of aromatic nitrogens is 3. The fourth-order valence-corrected chi connectivity index (χ4v) is 2.30. The SMILES string of the molecule is COc1ccccc1COC(=O)c1ccc(Cn2cncn2)cc1. The summed E-state index contributed by atoms with van der Waals surface area (Å²) in [5.41, 5.74) is 2.37. The smallest absolute Gasteiger partial charge is 0.338 e. The number of nitrogens with zero attached hydrogens (tertiary/aromatic N) is 3. The van der Waals surface area contributed by atoms with Gasteiger partial charge in [0.2, 0.25) is 0 Å². The molecule has 0 aliphatic carbocycles. The summed E-state index contributed by atoms with van der Waals surface area (Å²) >= 11 is 0. The van der Waals surface area contributed by atoms with E-state index in [-0.39, 0.29) is 12.6 Å². The Balaban J connectivity index is 1.60. The molecule has 0 unspecified atom stereocenters. The molecule has 1 heterocycles. The second kappa shape index (κ2) is 7.41. The van der Waals surface area contributed by atoms with Gasteiger partial charge in [0.1, 0.15) is 25.0 Å². The maximum Gasteiger partial charge on any atom is 0.338 e. The van der Waals surface area contributed by atoms with Crippen LogP contribution < -0.4 is 4.74 Å². The summed E-state index contributed by atoms with van der Waals surface area (Å²) in [5.74, 6) is 0.335. The van der Waals surface area contributed by atoms with Crippen LogP contribution in [-0.2, 0) is 17.9 Å². The van der Waals surface area contributed by atoms with E-state index in [1.165, 1.54) is 6.33 Å². The number of carbonyl (C=O) groups is 1. The van der Waals surface area contributed by atoms with Gasteiger partial charge in [-0.25, -0.2) is 14.5 Å². The Morgan fingerprint density at radius 2 is 1.92 bits per heavy atom. The first-order valence-electron chi connectivity index (χ1n) is 7.46. The molecule has 0 amide bonds. The Bertz CT molecular complexity index is 799. The molecule has 0 aliphatic rings. The minimum Gasteiger partial charge on any atom is -0.496 e. The zero-order chi connectivity index (χ0) is 16.8. The molecule has 3 rings (SSSR count). The van der Waals surface area contributed by atoms with E-state index in [9.17, 15) is 4.79 Å². The van der Waals surface area contributed by atoms with Gasteiger partial charge in [0.15, 0.2) is 0 Å². The van der Waals surface area contributed by atoms with Crippen molar-refractivity contribution in [2.24, 2.45) is 0 Å². The van der Waals surface area contributed by atoms with E-state index in [1.807, 2.05) is 36.4 Å². The van der Waals surface area contributed by atoms with Crippen LogP contribution in [0.2, 0.25) is 0 Å². The van der Waals surface area contributed by atoms with E-state index in [0.717, 1.165) is 11.1 Å². The second-order valence-electron chi connectivity index (χ2n) is 5.18. The molecule has 0 saturated heterocycles. The molecule has 122 valence electrons. The summed E-state index contributed by atoms with van der Waals surface area (Å²) in [5, 5.41) is 4.05. The van der Waals surface area contributed by atoms with Crippen LogP contribution >= 0.6 is 0 Å². The number of methoxy groups -OCH3 is 1. The van der Waals surface area contributed by atoms with Crippen LogP contribution in [-0.4, -0.2) is 27.8 Å². The van der Waals surface area contributed by atoms with Crippen molar-refractivity contribution in [2.45, 2.75) is 13.2 Å². The van der Waals surface area contributed by atoms with Crippen molar-refractivity contribution in [1.82, 2.24) is 14.8 Å². The first-order valence-corrected chi connectivity index (χ1v) is 7.46. The van der Waals surface area contributed by atoms with E-state index in [2.05, 4.69) is 10.1 Å². The highest BCUT2D eigenvalue weighted by atomic mass is 16.5. The van der Waals surface area contributed by atoms with E-state index in [1.54, 1.807) is 30.3 Å². The first-order chi connectivity index (χ1) is 11.8. The Morgan fingerprint density at radius 1 is 1.12 bits per heavy atom. The zero-order valence-corrected chi connectivity index (χ0v) is 13.3. The van der Waals surface area contributed by atoms with Gasteiger partial charge in [-0.2, -0.15) is 5.10 Å². The summed E-state index contributed by atoms with van der Waals surface area (Å²) in [7, 11) is 1.59. The second-order valence-corrected chi connectivity index (χ2v) is 5.18. The first kappa shape index (κ1) is 15.7. The van der Waals surface area contributed by atoms with Crippen molar-refractivity contribution in [3.8, 4) is 5.75 Å². The Labute approximate surface area is 139 Å². The monoisotopic (exact) mass is 323 g/mol. The molecule has 3 aromatic rings. The lowest BCUT2D eigenvalue weighted by Gasteiger charge is -2.09. The molecule has 0 radical (unpaired) electrons. The number of esters is 1. The molecule has 24 heavy (non-hydrogen) atoms. The van der Waals surface area contributed by atoms with Crippen molar-refractivity contribution in [3.63, 3.8) is 0 Å². The van der Waals surface area contributed by atoms with Crippen molar-refractivity contribution in [2.75, 3.05) is 7.11 Å².